The average molecular weight is 461 g/mol. The van der Waals surface area contributed by atoms with Gasteiger partial charge >= 0.3 is 6.18 Å². The number of anilines is 1. The number of carbonyl (C=O) groups is 1. The average Bonchev–Trinajstić information content (AvgIpc) is 3.20. The standard InChI is InChI=1S/C22H16ClF3N4O2/c1-29(17-8-7-15(23)9-19(17)32-2)21(31)16-12-30-18(10-28-20(30)11-27-16)13-3-5-14(6-4-13)22(24,25)26/h3-12H,1-2H3. The first-order valence-electron chi connectivity index (χ1n) is 9.31. The van der Waals surface area contributed by atoms with Crippen molar-refractivity contribution in [3.8, 4) is 17.0 Å². The lowest BCUT2D eigenvalue weighted by atomic mass is 10.1. The number of rotatable bonds is 4. The Morgan fingerprint density at radius 3 is 2.47 bits per heavy atom. The summed E-state index contributed by atoms with van der Waals surface area (Å²) < 4.78 is 45.5. The van der Waals surface area contributed by atoms with Crippen LogP contribution >= 0.6 is 11.6 Å². The van der Waals surface area contributed by atoms with E-state index >= 15 is 0 Å². The summed E-state index contributed by atoms with van der Waals surface area (Å²) in [6.45, 7) is 0. The van der Waals surface area contributed by atoms with Crippen LogP contribution in [0, 0.1) is 0 Å². The third-order valence-electron chi connectivity index (χ3n) is 4.93. The fraction of sp³-hybridized carbons (Fsp3) is 0.136. The van der Waals surface area contributed by atoms with Gasteiger partial charge in [-0.05, 0) is 24.3 Å². The van der Waals surface area contributed by atoms with Crippen LogP contribution in [0.4, 0.5) is 18.9 Å². The van der Waals surface area contributed by atoms with Crippen molar-refractivity contribution in [2.24, 2.45) is 0 Å². The number of fused-ring (bicyclic) bond motifs is 1. The topological polar surface area (TPSA) is 59.7 Å². The first-order chi connectivity index (χ1) is 15.2. The molecule has 4 aromatic rings. The molecular formula is C22H16ClF3N4O2. The number of carbonyl (C=O) groups excluding carboxylic acids is 1. The van der Waals surface area contributed by atoms with E-state index in [-0.39, 0.29) is 5.69 Å². The van der Waals surface area contributed by atoms with Crippen molar-refractivity contribution in [3.63, 3.8) is 0 Å². The molecule has 164 valence electrons. The van der Waals surface area contributed by atoms with E-state index in [0.29, 0.717) is 33.4 Å². The molecule has 0 N–H and O–H groups in total. The second-order valence-corrected chi connectivity index (χ2v) is 7.34. The van der Waals surface area contributed by atoms with Crippen molar-refractivity contribution >= 4 is 28.8 Å². The zero-order valence-electron chi connectivity index (χ0n) is 16.9. The van der Waals surface area contributed by atoms with Crippen LogP contribution in [0.5, 0.6) is 5.75 Å². The second kappa shape index (κ2) is 8.16. The summed E-state index contributed by atoms with van der Waals surface area (Å²) in [7, 11) is 3.05. The Morgan fingerprint density at radius 1 is 1.09 bits per heavy atom. The van der Waals surface area contributed by atoms with Crippen molar-refractivity contribution in [1.29, 1.82) is 0 Å². The first kappa shape index (κ1) is 21.6. The van der Waals surface area contributed by atoms with E-state index in [0.717, 1.165) is 12.1 Å². The smallest absolute Gasteiger partial charge is 0.416 e. The fourth-order valence-electron chi connectivity index (χ4n) is 3.25. The van der Waals surface area contributed by atoms with Gasteiger partial charge in [0.2, 0.25) is 0 Å². The molecule has 6 nitrogen and oxygen atoms in total. The van der Waals surface area contributed by atoms with Gasteiger partial charge in [0.05, 0.1) is 36.4 Å². The van der Waals surface area contributed by atoms with E-state index < -0.39 is 17.6 Å². The number of hydrogen-bond acceptors (Lipinski definition) is 4. The number of halogens is 4. The number of nitrogens with zero attached hydrogens (tertiary/aromatic N) is 4. The molecule has 0 fully saturated rings. The zero-order chi connectivity index (χ0) is 23.0. The molecule has 2 heterocycles. The van der Waals surface area contributed by atoms with Crippen LogP contribution in [0.25, 0.3) is 16.9 Å². The quantitative estimate of drug-likeness (QED) is 0.411. The van der Waals surface area contributed by atoms with Gasteiger partial charge < -0.3 is 9.64 Å². The number of amides is 1. The van der Waals surface area contributed by atoms with Gasteiger partial charge in [0.1, 0.15) is 11.4 Å². The number of imidazole rings is 1. The van der Waals surface area contributed by atoms with E-state index in [2.05, 4.69) is 9.97 Å². The molecule has 10 heteroatoms. The van der Waals surface area contributed by atoms with E-state index in [1.165, 1.54) is 42.7 Å². The zero-order valence-corrected chi connectivity index (χ0v) is 17.6. The van der Waals surface area contributed by atoms with Crippen LogP contribution in [-0.2, 0) is 6.18 Å². The largest absolute Gasteiger partial charge is 0.495 e. The molecule has 0 atom stereocenters. The summed E-state index contributed by atoms with van der Waals surface area (Å²) in [5.74, 6) is 0.00194. The summed E-state index contributed by atoms with van der Waals surface area (Å²) in [6, 6.07) is 9.61. The van der Waals surface area contributed by atoms with Gasteiger partial charge in [-0.15, -0.1) is 0 Å². The fourth-order valence-corrected chi connectivity index (χ4v) is 3.42. The maximum atomic E-state index is 13.1. The minimum atomic E-state index is -4.42. The van der Waals surface area contributed by atoms with E-state index in [1.807, 2.05) is 0 Å². The Hall–Kier alpha value is -3.59. The van der Waals surface area contributed by atoms with Crippen molar-refractivity contribution in [2.75, 3.05) is 19.1 Å². The van der Waals surface area contributed by atoms with Crippen LogP contribution in [0.2, 0.25) is 5.02 Å². The molecule has 0 saturated heterocycles. The summed E-state index contributed by atoms with van der Waals surface area (Å²) in [5, 5.41) is 0.464. The van der Waals surface area contributed by atoms with Gasteiger partial charge in [0.15, 0.2) is 5.65 Å². The lowest BCUT2D eigenvalue weighted by molar-refractivity contribution is -0.137. The van der Waals surface area contributed by atoms with Gasteiger partial charge in [-0.1, -0.05) is 23.7 Å². The van der Waals surface area contributed by atoms with Crippen LogP contribution in [-0.4, -0.2) is 34.4 Å². The lowest BCUT2D eigenvalue weighted by Crippen LogP contribution is -2.27. The SMILES string of the molecule is COc1cc(Cl)ccc1N(C)C(=O)c1cn2c(-c3ccc(C(F)(F)F)cc3)cnc2cn1. The minimum absolute atomic E-state index is 0.114. The number of hydrogen-bond donors (Lipinski definition) is 0. The molecule has 1 amide bonds. The molecule has 2 aromatic heterocycles. The van der Waals surface area contributed by atoms with Crippen molar-refractivity contribution in [1.82, 2.24) is 14.4 Å². The number of benzene rings is 2. The normalized spacial score (nSPS) is 11.6. The predicted molar refractivity (Wildman–Crippen MR) is 114 cm³/mol. The van der Waals surface area contributed by atoms with Crippen molar-refractivity contribution in [2.45, 2.75) is 6.18 Å². The molecule has 0 unspecified atom stereocenters. The lowest BCUT2D eigenvalue weighted by Gasteiger charge is -2.20. The molecule has 0 aliphatic rings. The van der Waals surface area contributed by atoms with Gasteiger partial charge in [-0.3, -0.25) is 9.20 Å². The Bertz CT molecular complexity index is 1300. The van der Waals surface area contributed by atoms with Crippen molar-refractivity contribution in [3.05, 3.63) is 77.3 Å². The maximum Gasteiger partial charge on any atom is 0.416 e. The highest BCUT2D eigenvalue weighted by molar-refractivity contribution is 6.30. The summed E-state index contributed by atoms with van der Waals surface area (Å²) in [5.41, 5.74) is 1.36. The third-order valence-corrected chi connectivity index (χ3v) is 5.17. The third kappa shape index (κ3) is 3.99. The summed E-state index contributed by atoms with van der Waals surface area (Å²) in [6.07, 6.45) is 0.0128. The summed E-state index contributed by atoms with van der Waals surface area (Å²) >= 11 is 5.99. The van der Waals surface area contributed by atoms with Crippen LogP contribution in [0.1, 0.15) is 16.1 Å². The number of methoxy groups -OCH3 is 1. The molecule has 32 heavy (non-hydrogen) atoms. The van der Waals surface area contributed by atoms with Gasteiger partial charge in [0.25, 0.3) is 5.91 Å². The molecular weight excluding hydrogens is 445 g/mol. The van der Waals surface area contributed by atoms with Gasteiger partial charge in [-0.25, -0.2) is 9.97 Å². The minimum Gasteiger partial charge on any atom is -0.495 e. The molecule has 2 aromatic carbocycles. The van der Waals surface area contributed by atoms with Crippen LogP contribution in [0.15, 0.2) is 61.1 Å². The molecule has 0 saturated carbocycles. The molecule has 4 rings (SSSR count). The molecule has 0 bridgehead atoms. The Morgan fingerprint density at radius 2 is 1.81 bits per heavy atom. The number of alkyl halides is 3. The van der Waals surface area contributed by atoms with Crippen LogP contribution < -0.4 is 9.64 Å². The monoisotopic (exact) mass is 460 g/mol. The van der Waals surface area contributed by atoms with Crippen LogP contribution in [0.3, 0.4) is 0 Å². The second-order valence-electron chi connectivity index (χ2n) is 6.90. The van der Waals surface area contributed by atoms with E-state index in [4.69, 9.17) is 16.3 Å². The van der Waals surface area contributed by atoms with Gasteiger partial charge in [-0.2, -0.15) is 13.2 Å². The molecule has 0 aliphatic heterocycles. The number of aromatic nitrogens is 3. The molecule has 0 spiro atoms. The Balaban J connectivity index is 1.70. The first-order valence-corrected chi connectivity index (χ1v) is 9.69. The van der Waals surface area contributed by atoms with Gasteiger partial charge in [0, 0.05) is 29.9 Å². The van der Waals surface area contributed by atoms with Crippen molar-refractivity contribution < 1.29 is 22.7 Å². The number of ether oxygens (including phenoxy) is 1. The molecule has 0 radical (unpaired) electrons. The van der Waals surface area contributed by atoms with E-state index in [9.17, 15) is 18.0 Å². The highest BCUT2D eigenvalue weighted by atomic mass is 35.5. The summed E-state index contributed by atoms with van der Waals surface area (Å²) in [4.78, 5) is 22.9. The maximum absolute atomic E-state index is 13.1. The predicted octanol–water partition coefficient (Wildman–Crippen LogP) is 5.35. The highest BCUT2D eigenvalue weighted by Crippen LogP contribution is 2.32. The Kier molecular flexibility index (Phi) is 5.52. The highest BCUT2D eigenvalue weighted by Gasteiger charge is 2.30. The molecule has 0 aliphatic carbocycles. The Labute approximate surface area is 185 Å². The van der Waals surface area contributed by atoms with E-state index in [1.54, 1.807) is 29.6 Å².